The molecule has 1 saturated heterocycles. The van der Waals surface area contributed by atoms with Crippen LogP contribution >= 0.6 is 11.6 Å². The molecule has 0 radical (unpaired) electrons. The molecular formula is C26H22ClN3O3S. The Morgan fingerprint density at radius 3 is 2.35 bits per heavy atom. The third-order valence-corrected chi connectivity index (χ3v) is 7.78. The van der Waals surface area contributed by atoms with E-state index in [0.29, 0.717) is 30.1 Å². The van der Waals surface area contributed by atoms with Gasteiger partial charge in [-0.1, -0.05) is 35.9 Å². The lowest BCUT2D eigenvalue weighted by Crippen LogP contribution is -2.38. The van der Waals surface area contributed by atoms with Crippen molar-refractivity contribution >= 4 is 38.3 Å². The van der Waals surface area contributed by atoms with E-state index in [1.54, 1.807) is 65.8 Å². The van der Waals surface area contributed by atoms with Crippen LogP contribution in [-0.4, -0.2) is 43.3 Å². The van der Waals surface area contributed by atoms with Crippen LogP contribution < -0.4 is 4.72 Å². The molecule has 3 aromatic carbocycles. The van der Waals surface area contributed by atoms with E-state index in [0.717, 1.165) is 21.9 Å². The van der Waals surface area contributed by atoms with Gasteiger partial charge < -0.3 is 4.90 Å². The van der Waals surface area contributed by atoms with Crippen LogP contribution in [0, 0.1) is 0 Å². The number of fused-ring (bicyclic) bond motifs is 1. The number of likely N-dealkylation sites (tertiary alicyclic amines) is 1. The summed E-state index contributed by atoms with van der Waals surface area (Å²) in [7, 11) is -3.72. The van der Waals surface area contributed by atoms with Gasteiger partial charge in [0.25, 0.3) is 5.91 Å². The van der Waals surface area contributed by atoms with E-state index in [1.807, 2.05) is 24.3 Å². The fraction of sp³-hybridized carbons (Fsp3) is 0.154. The molecule has 172 valence electrons. The minimum absolute atomic E-state index is 0.106. The minimum atomic E-state index is -3.72. The molecule has 0 aliphatic carbocycles. The zero-order valence-electron chi connectivity index (χ0n) is 18.2. The van der Waals surface area contributed by atoms with Crippen LogP contribution in [0.4, 0.5) is 0 Å². The number of hydrogen-bond acceptors (Lipinski definition) is 4. The van der Waals surface area contributed by atoms with Crippen molar-refractivity contribution in [2.45, 2.75) is 17.4 Å². The topological polar surface area (TPSA) is 79.4 Å². The number of sulfonamides is 1. The number of carbonyl (C=O) groups excluding carboxylic acids is 1. The van der Waals surface area contributed by atoms with E-state index in [9.17, 15) is 13.2 Å². The predicted molar refractivity (Wildman–Crippen MR) is 133 cm³/mol. The number of aromatic nitrogens is 1. The van der Waals surface area contributed by atoms with Crippen LogP contribution in [0.3, 0.4) is 0 Å². The molecule has 5 rings (SSSR count). The Morgan fingerprint density at radius 2 is 1.59 bits per heavy atom. The monoisotopic (exact) mass is 491 g/mol. The SMILES string of the molecule is O=C(c1ccc(-c2ccncc2)cc1)N1CC[C@H](NS(=O)(=O)c2ccc3cc(Cl)ccc3c2)C1. The van der Waals surface area contributed by atoms with Gasteiger partial charge in [0.15, 0.2) is 0 Å². The Labute approximate surface area is 203 Å². The summed E-state index contributed by atoms with van der Waals surface area (Å²) in [5, 5.41) is 2.27. The normalized spacial score (nSPS) is 16.1. The van der Waals surface area contributed by atoms with Crippen molar-refractivity contribution < 1.29 is 13.2 Å². The molecule has 1 aromatic heterocycles. The number of amides is 1. The van der Waals surface area contributed by atoms with Crippen LogP contribution in [0.15, 0.2) is 90.1 Å². The summed E-state index contributed by atoms with van der Waals surface area (Å²) in [6.07, 6.45) is 4.02. The molecule has 1 atom stereocenters. The number of hydrogen-bond donors (Lipinski definition) is 1. The van der Waals surface area contributed by atoms with Gasteiger partial charge in [0.05, 0.1) is 4.90 Å². The van der Waals surface area contributed by atoms with E-state index in [-0.39, 0.29) is 16.8 Å². The van der Waals surface area contributed by atoms with Gasteiger partial charge in [-0.25, -0.2) is 13.1 Å². The number of rotatable bonds is 5. The molecule has 1 aliphatic rings. The lowest BCUT2D eigenvalue weighted by Gasteiger charge is -2.18. The molecule has 0 bridgehead atoms. The maximum Gasteiger partial charge on any atom is 0.253 e. The average Bonchev–Trinajstić information content (AvgIpc) is 3.31. The molecular weight excluding hydrogens is 470 g/mol. The highest BCUT2D eigenvalue weighted by Gasteiger charge is 2.30. The molecule has 2 heterocycles. The third kappa shape index (κ3) is 4.68. The van der Waals surface area contributed by atoms with Crippen molar-refractivity contribution in [3.8, 4) is 11.1 Å². The van der Waals surface area contributed by atoms with Gasteiger partial charge in [-0.3, -0.25) is 9.78 Å². The second-order valence-electron chi connectivity index (χ2n) is 8.32. The van der Waals surface area contributed by atoms with Crippen molar-refractivity contribution in [3.63, 3.8) is 0 Å². The van der Waals surface area contributed by atoms with Crippen molar-refractivity contribution in [2.75, 3.05) is 13.1 Å². The maximum absolute atomic E-state index is 13.0. The molecule has 1 aliphatic heterocycles. The van der Waals surface area contributed by atoms with E-state index in [1.165, 1.54) is 0 Å². The lowest BCUT2D eigenvalue weighted by molar-refractivity contribution is 0.0790. The first-order chi connectivity index (χ1) is 16.4. The number of halogens is 1. The number of pyridine rings is 1. The van der Waals surface area contributed by atoms with Gasteiger partial charge in [0.1, 0.15) is 0 Å². The second kappa shape index (κ2) is 9.18. The van der Waals surface area contributed by atoms with Crippen LogP contribution in [0.5, 0.6) is 0 Å². The van der Waals surface area contributed by atoms with Crippen molar-refractivity contribution in [3.05, 3.63) is 95.8 Å². The molecule has 1 fully saturated rings. The minimum Gasteiger partial charge on any atom is -0.337 e. The Bertz CT molecular complexity index is 1460. The van der Waals surface area contributed by atoms with Crippen LogP contribution in [0.25, 0.3) is 21.9 Å². The Balaban J connectivity index is 1.25. The average molecular weight is 492 g/mol. The summed E-state index contributed by atoms with van der Waals surface area (Å²) in [5.74, 6) is -0.106. The number of benzene rings is 3. The van der Waals surface area contributed by atoms with Crippen LogP contribution in [0.1, 0.15) is 16.8 Å². The van der Waals surface area contributed by atoms with E-state index in [4.69, 9.17) is 11.6 Å². The van der Waals surface area contributed by atoms with Gasteiger partial charge in [0.2, 0.25) is 10.0 Å². The number of nitrogens with zero attached hydrogens (tertiary/aromatic N) is 2. The molecule has 0 spiro atoms. The van der Waals surface area contributed by atoms with E-state index < -0.39 is 10.0 Å². The van der Waals surface area contributed by atoms with E-state index in [2.05, 4.69) is 9.71 Å². The van der Waals surface area contributed by atoms with Crippen LogP contribution in [0.2, 0.25) is 5.02 Å². The summed E-state index contributed by atoms with van der Waals surface area (Å²) >= 11 is 6.02. The summed E-state index contributed by atoms with van der Waals surface area (Å²) < 4.78 is 28.7. The molecule has 4 aromatic rings. The highest BCUT2D eigenvalue weighted by Crippen LogP contribution is 2.24. The smallest absolute Gasteiger partial charge is 0.253 e. The quantitative estimate of drug-likeness (QED) is 0.437. The zero-order chi connectivity index (χ0) is 23.7. The van der Waals surface area contributed by atoms with Gasteiger partial charge in [-0.2, -0.15) is 0 Å². The number of carbonyl (C=O) groups is 1. The van der Waals surface area contributed by atoms with Gasteiger partial charge in [-0.15, -0.1) is 0 Å². The predicted octanol–water partition coefficient (Wildman–Crippen LogP) is 4.75. The fourth-order valence-electron chi connectivity index (χ4n) is 4.22. The largest absolute Gasteiger partial charge is 0.337 e. The molecule has 0 unspecified atom stereocenters. The molecule has 1 N–H and O–H groups in total. The molecule has 0 saturated carbocycles. The Morgan fingerprint density at radius 1 is 0.912 bits per heavy atom. The highest BCUT2D eigenvalue weighted by molar-refractivity contribution is 7.89. The first-order valence-corrected chi connectivity index (χ1v) is 12.8. The lowest BCUT2D eigenvalue weighted by atomic mass is 10.0. The summed E-state index contributed by atoms with van der Waals surface area (Å²) in [6, 6.07) is 21.2. The number of nitrogens with one attached hydrogen (secondary N) is 1. The van der Waals surface area contributed by atoms with Crippen LogP contribution in [-0.2, 0) is 10.0 Å². The molecule has 8 heteroatoms. The fourth-order valence-corrected chi connectivity index (χ4v) is 5.70. The van der Waals surface area contributed by atoms with Crippen molar-refractivity contribution in [2.24, 2.45) is 0 Å². The van der Waals surface area contributed by atoms with Gasteiger partial charge in [0, 0.05) is 42.1 Å². The maximum atomic E-state index is 13.0. The Kier molecular flexibility index (Phi) is 6.08. The van der Waals surface area contributed by atoms with E-state index >= 15 is 0 Å². The second-order valence-corrected chi connectivity index (χ2v) is 10.5. The zero-order valence-corrected chi connectivity index (χ0v) is 19.8. The van der Waals surface area contributed by atoms with Gasteiger partial charge in [-0.05, 0) is 76.9 Å². The summed E-state index contributed by atoms with van der Waals surface area (Å²) in [5.41, 5.74) is 2.61. The van der Waals surface area contributed by atoms with Crippen molar-refractivity contribution in [1.29, 1.82) is 0 Å². The molecule has 1 amide bonds. The van der Waals surface area contributed by atoms with Gasteiger partial charge >= 0.3 is 0 Å². The third-order valence-electron chi connectivity index (χ3n) is 6.03. The highest BCUT2D eigenvalue weighted by atomic mass is 35.5. The molecule has 34 heavy (non-hydrogen) atoms. The van der Waals surface area contributed by atoms with Crippen molar-refractivity contribution in [1.82, 2.24) is 14.6 Å². The first kappa shape index (κ1) is 22.5. The Hall–Kier alpha value is -3.26. The molecule has 6 nitrogen and oxygen atoms in total. The standard InChI is InChI=1S/C26H22ClN3O3S/c27-23-7-5-22-16-25(8-6-21(22)15-23)34(32,33)29-24-11-14-30(17-24)26(31)20-3-1-18(2-4-20)19-9-12-28-13-10-19/h1-10,12-13,15-16,24,29H,11,14,17H2/t24-/m0/s1. The first-order valence-electron chi connectivity index (χ1n) is 10.9. The summed E-state index contributed by atoms with van der Waals surface area (Å²) in [4.78, 5) is 18.9. The summed E-state index contributed by atoms with van der Waals surface area (Å²) in [6.45, 7) is 0.821.